The summed E-state index contributed by atoms with van der Waals surface area (Å²) >= 11 is 0. The number of allylic oxidation sites excluding steroid dienone is 1. The van der Waals surface area contributed by atoms with E-state index in [1.165, 1.54) is 12.4 Å². The Kier molecular flexibility index (Phi) is 5.80. The number of nitrogens with one attached hydrogen (secondary N) is 4. The highest BCUT2D eigenvalue weighted by molar-refractivity contribution is 6.09. The van der Waals surface area contributed by atoms with Gasteiger partial charge in [-0.2, -0.15) is 0 Å². The monoisotopic (exact) mass is 366 g/mol. The Morgan fingerprint density at radius 1 is 1.30 bits per heavy atom. The Morgan fingerprint density at radius 3 is 2.81 bits per heavy atom. The maximum absolute atomic E-state index is 13.5. The summed E-state index contributed by atoms with van der Waals surface area (Å²) in [6.07, 6.45) is 5.74. The SMILES string of the molecule is CN/C=C(\C=N)c1ccc(C=N)c(Nc2ccnc(N3CCC(F)C3)c2)c1. The van der Waals surface area contributed by atoms with Gasteiger partial charge in [0.25, 0.3) is 0 Å². The first-order valence-electron chi connectivity index (χ1n) is 8.79. The molecule has 0 amide bonds. The number of pyridine rings is 1. The molecule has 1 aliphatic heterocycles. The molecule has 6 nitrogen and oxygen atoms in total. The van der Waals surface area contributed by atoms with Gasteiger partial charge in [0.2, 0.25) is 0 Å². The van der Waals surface area contributed by atoms with Crippen LogP contribution in [0.2, 0.25) is 0 Å². The smallest absolute Gasteiger partial charge is 0.130 e. The van der Waals surface area contributed by atoms with Gasteiger partial charge in [-0.25, -0.2) is 9.37 Å². The summed E-state index contributed by atoms with van der Waals surface area (Å²) in [6.45, 7) is 1.03. The van der Waals surface area contributed by atoms with Crippen molar-refractivity contribution in [3.8, 4) is 0 Å². The second-order valence-electron chi connectivity index (χ2n) is 6.34. The molecule has 1 unspecified atom stereocenters. The lowest BCUT2D eigenvalue weighted by atomic mass is 10.0. The molecule has 1 aromatic carbocycles. The van der Waals surface area contributed by atoms with Crippen molar-refractivity contribution in [2.45, 2.75) is 12.6 Å². The van der Waals surface area contributed by atoms with E-state index in [9.17, 15) is 4.39 Å². The zero-order valence-corrected chi connectivity index (χ0v) is 15.2. The summed E-state index contributed by atoms with van der Waals surface area (Å²) < 4.78 is 13.5. The van der Waals surface area contributed by atoms with Gasteiger partial charge in [-0.05, 0) is 24.1 Å². The van der Waals surface area contributed by atoms with E-state index in [1.54, 1.807) is 19.4 Å². The molecule has 1 aliphatic rings. The second-order valence-corrected chi connectivity index (χ2v) is 6.34. The van der Waals surface area contributed by atoms with Crippen molar-refractivity contribution < 1.29 is 4.39 Å². The maximum Gasteiger partial charge on any atom is 0.130 e. The van der Waals surface area contributed by atoms with Gasteiger partial charge >= 0.3 is 0 Å². The molecule has 0 spiro atoms. The predicted molar refractivity (Wildman–Crippen MR) is 109 cm³/mol. The van der Waals surface area contributed by atoms with Crippen molar-refractivity contribution in [3.05, 3.63) is 53.9 Å². The number of rotatable bonds is 7. The summed E-state index contributed by atoms with van der Waals surface area (Å²) in [5, 5.41) is 21.5. The first-order chi connectivity index (χ1) is 13.1. The Hall–Kier alpha value is -3.22. The van der Waals surface area contributed by atoms with E-state index in [-0.39, 0.29) is 0 Å². The average Bonchev–Trinajstić information content (AvgIpc) is 3.13. The highest BCUT2D eigenvalue weighted by Crippen LogP contribution is 2.27. The molecule has 2 aromatic rings. The minimum atomic E-state index is -0.803. The highest BCUT2D eigenvalue weighted by Gasteiger charge is 2.22. The minimum Gasteiger partial charge on any atom is -0.393 e. The summed E-state index contributed by atoms with van der Waals surface area (Å²) in [5.74, 6) is 0.739. The summed E-state index contributed by atoms with van der Waals surface area (Å²) in [6, 6.07) is 9.35. The van der Waals surface area contributed by atoms with Crippen LogP contribution in [0.3, 0.4) is 0 Å². The molecule has 1 fully saturated rings. The van der Waals surface area contributed by atoms with E-state index in [1.807, 2.05) is 35.2 Å². The molecule has 1 aromatic heterocycles. The van der Waals surface area contributed by atoms with E-state index < -0.39 is 6.17 Å². The molecular weight excluding hydrogens is 343 g/mol. The number of anilines is 3. The van der Waals surface area contributed by atoms with Crippen molar-refractivity contribution in [2.24, 2.45) is 0 Å². The van der Waals surface area contributed by atoms with Crippen LogP contribution in [-0.4, -0.2) is 43.7 Å². The maximum atomic E-state index is 13.5. The van der Waals surface area contributed by atoms with E-state index in [0.717, 1.165) is 33.9 Å². The van der Waals surface area contributed by atoms with Gasteiger partial charge in [0.05, 0.1) is 6.54 Å². The number of halogens is 1. The number of hydrogen-bond donors (Lipinski definition) is 4. The lowest BCUT2D eigenvalue weighted by Crippen LogP contribution is -2.21. The third-order valence-electron chi connectivity index (χ3n) is 4.48. The lowest BCUT2D eigenvalue weighted by molar-refractivity contribution is 0.364. The molecule has 27 heavy (non-hydrogen) atoms. The molecule has 1 atom stereocenters. The quantitative estimate of drug-likeness (QED) is 0.564. The fourth-order valence-electron chi connectivity index (χ4n) is 3.08. The van der Waals surface area contributed by atoms with Gasteiger partial charge < -0.3 is 26.4 Å². The summed E-state index contributed by atoms with van der Waals surface area (Å²) in [7, 11) is 1.79. The first kappa shape index (κ1) is 18.6. The van der Waals surface area contributed by atoms with Crippen molar-refractivity contribution in [3.63, 3.8) is 0 Å². The Bertz CT molecular complexity index is 863. The topological polar surface area (TPSA) is 87.9 Å². The van der Waals surface area contributed by atoms with Crippen LogP contribution in [-0.2, 0) is 0 Å². The molecule has 0 aliphatic carbocycles. The first-order valence-corrected chi connectivity index (χ1v) is 8.79. The van der Waals surface area contributed by atoms with Crippen LogP contribution in [0.25, 0.3) is 5.57 Å². The van der Waals surface area contributed by atoms with E-state index in [0.29, 0.717) is 19.5 Å². The van der Waals surface area contributed by atoms with Crippen LogP contribution in [0, 0.1) is 10.8 Å². The fraction of sp³-hybridized carbons (Fsp3) is 0.250. The number of hydrogen-bond acceptors (Lipinski definition) is 6. The number of alkyl halides is 1. The molecule has 3 rings (SSSR count). The van der Waals surface area contributed by atoms with Crippen molar-refractivity contribution in [2.75, 3.05) is 30.4 Å². The van der Waals surface area contributed by atoms with E-state index in [4.69, 9.17) is 10.8 Å². The Balaban J connectivity index is 1.89. The third-order valence-corrected chi connectivity index (χ3v) is 4.48. The average molecular weight is 366 g/mol. The molecular formula is C20H23FN6. The van der Waals surface area contributed by atoms with Gasteiger partial charge in [0, 0.05) is 67.0 Å². The molecule has 7 heteroatoms. The van der Waals surface area contributed by atoms with Gasteiger partial charge in [-0.1, -0.05) is 12.1 Å². The van der Waals surface area contributed by atoms with Crippen LogP contribution in [0.15, 0.2) is 42.7 Å². The normalized spacial score (nSPS) is 16.9. The van der Waals surface area contributed by atoms with E-state index >= 15 is 0 Å². The minimum absolute atomic E-state index is 0.370. The zero-order chi connectivity index (χ0) is 19.2. The predicted octanol–water partition coefficient (Wildman–Crippen LogP) is 3.58. The van der Waals surface area contributed by atoms with Gasteiger partial charge in [0.15, 0.2) is 0 Å². The largest absolute Gasteiger partial charge is 0.393 e. The van der Waals surface area contributed by atoms with Gasteiger partial charge in [-0.3, -0.25) is 0 Å². The van der Waals surface area contributed by atoms with Crippen LogP contribution in [0.1, 0.15) is 17.5 Å². The second kappa shape index (κ2) is 8.44. The van der Waals surface area contributed by atoms with Crippen LogP contribution in [0.5, 0.6) is 0 Å². The van der Waals surface area contributed by atoms with E-state index in [2.05, 4.69) is 15.6 Å². The molecule has 2 heterocycles. The van der Waals surface area contributed by atoms with Crippen LogP contribution in [0.4, 0.5) is 21.6 Å². The summed E-state index contributed by atoms with van der Waals surface area (Å²) in [5.41, 5.74) is 3.90. The number of nitrogens with zero attached hydrogens (tertiary/aromatic N) is 2. The zero-order valence-electron chi connectivity index (χ0n) is 15.2. The lowest BCUT2D eigenvalue weighted by Gasteiger charge is -2.18. The molecule has 0 bridgehead atoms. The van der Waals surface area contributed by atoms with Crippen molar-refractivity contribution in [1.82, 2.24) is 10.3 Å². The van der Waals surface area contributed by atoms with Crippen LogP contribution >= 0.6 is 0 Å². The Morgan fingerprint density at radius 2 is 2.15 bits per heavy atom. The van der Waals surface area contributed by atoms with Crippen LogP contribution < -0.4 is 15.5 Å². The number of aromatic nitrogens is 1. The molecule has 4 N–H and O–H groups in total. The highest BCUT2D eigenvalue weighted by atomic mass is 19.1. The molecule has 0 saturated carbocycles. The molecule has 0 radical (unpaired) electrons. The third kappa shape index (κ3) is 4.31. The standard InChI is InChI=1S/C20H23FN6/c1-24-12-16(11-23)14-2-3-15(10-22)19(8-14)26-18-4-6-25-20(9-18)27-7-5-17(21)13-27/h2-4,6,8-12,17,22-24H,5,7,13H2,1H3,(H,25,26)/b16-12+,22-10?,23-11?. The van der Waals surface area contributed by atoms with Crippen molar-refractivity contribution in [1.29, 1.82) is 10.8 Å². The fourth-order valence-corrected chi connectivity index (χ4v) is 3.08. The Labute approximate surface area is 158 Å². The van der Waals surface area contributed by atoms with Gasteiger partial charge in [-0.15, -0.1) is 0 Å². The van der Waals surface area contributed by atoms with Crippen molar-refractivity contribution >= 4 is 35.2 Å². The van der Waals surface area contributed by atoms with Gasteiger partial charge in [0.1, 0.15) is 12.0 Å². The number of benzene rings is 1. The summed E-state index contributed by atoms with van der Waals surface area (Å²) in [4.78, 5) is 6.29. The molecule has 1 saturated heterocycles. The molecule has 140 valence electrons.